The smallest absolute Gasteiger partial charge is 0.339 e. The van der Waals surface area contributed by atoms with Gasteiger partial charge in [0.1, 0.15) is 21.2 Å². The molecule has 0 fully saturated rings. The summed E-state index contributed by atoms with van der Waals surface area (Å²) in [5.41, 5.74) is 1.95. The number of benzene rings is 2. The third-order valence-corrected chi connectivity index (χ3v) is 7.44. The summed E-state index contributed by atoms with van der Waals surface area (Å²) in [5.74, 6) is 1.00. The number of carbonyl (C=O) groups excluding carboxylic acids is 1. The van der Waals surface area contributed by atoms with Crippen LogP contribution in [-0.2, 0) is 10.1 Å². The van der Waals surface area contributed by atoms with Crippen LogP contribution in [0, 0.1) is 0 Å². The zero-order valence-corrected chi connectivity index (χ0v) is 19.8. The SMILES string of the molecule is CN1C(=O)c2sccc2N(C)c2nc(Nc3ccc(S(=O)(=O)Oc4ccccc4)cc3)ncc21. The largest absolute Gasteiger partial charge is 0.379 e. The van der Waals surface area contributed by atoms with Crippen molar-refractivity contribution in [3.8, 4) is 5.75 Å². The topological polar surface area (TPSA) is 105 Å². The molecule has 172 valence electrons. The summed E-state index contributed by atoms with van der Waals surface area (Å²) in [6.45, 7) is 0. The molecule has 0 unspecified atom stereocenters. The molecule has 4 aromatic rings. The number of para-hydroxylation sites is 1. The van der Waals surface area contributed by atoms with Gasteiger partial charge in [-0.15, -0.1) is 11.3 Å². The van der Waals surface area contributed by atoms with Crippen LogP contribution in [0.15, 0.2) is 77.1 Å². The van der Waals surface area contributed by atoms with Crippen LogP contribution in [0.3, 0.4) is 0 Å². The number of thiophene rings is 1. The highest BCUT2D eigenvalue weighted by Crippen LogP contribution is 2.40. The number of nitrogens with zero attached hydrogens (tertiary/aromatic N) is 4. The number of carbonyl (C=O) groups is 1. The second-order valence-corrected chi connectivity index (χ2v) is 9.92. The van der Waals surface area contributed by atoms with Crippen molar-refractivity contribution in [1.29, 1.82) is 0 Å². The van der Waals surface area contributed by atoms with Gasteiger partial charge in [-0.1, -0.05) is 18.2 Å². The zero-order chi connectivity index (χ0) is 23.9. The lowest BCUT2D eigenvalue weighted by molar-refractivity contribution is 0.0998. The summed E-state index contributed by atoms with van der Waals surface area (Å²) in [4.78, 5) is 25.8. The van der Waals surface area contributed by atoms with E-state index in [1.54, 1.807) is 55.7 Å². The Morgan fingerprint density at radius 3 is 2.41 bits per heavy atom. The van der Waals surface area contributed by atoms with Crippen molar-refractivity contribution in [1.82, 2.24) is 9.97 Å². The lowest BCUT2D eigenvalue weighted by atomic mass is 10.3. The highest BCUT2D eigenvalue weighted by Gasteiger charge is 2.30. The molecule has 0 saturated carbocycles. The number of hydrogen-bond donors (Lipinski definition) is 1. The van der Waals surface area contributed by atoms with Crippen LogP contribution in [0.5, 0.6) is 5.75 Å². The van der Waals surface area contributed by atoms with Crippen molar-refractivity contribution in [2.75, 3.05) is 29.2 Å². The fourth-order valence-electron chi connectivity index (χ4n) is 3.50. The first-order valence-electron chi connectivity index (χ1n) is 10.2. The van der Waals surface area contributed by atoms with Gasteiger partial charge < -0.3 is 19.3 Å². The van der Waals surface area contributed by atoms with Crippen molar-refractivity contribution >= 4 is 56.2 Å². The Balaban J connectivity index is 1.39. The molecule has 1 aliphatic rings. The van der Waals surface area contributed by atoms with E-state index in [0.29, 0.717) is 28.0 Å². The fraction of sp³-hybridized carbons (Fsp3) is 0.0870. The average Bonchev–Trinajstić information content (AvgIpc) is 3.31. The molecule has 1 amide bonds. The van der Waals surface area contributed by atoms with Crippen molar-refractivity contribution in [2.45, 2.75) is 4.90 Å². The van der Waals surface area contributed by atoms with E-state index in [2.05, 4.69) is 15.3 Å². The Morgan fingerprint density at radius 2 is 1.68 bits per heavy atom. The fourth-order valence-corrected chi connectivity index (χ4v) is 5.32. The maximum absolute atomic E-state index is 12.8. The molecule has 0 spiro atoms. The molecule has 0 bridgehead atoms. The molecule has 5 rings (SSSR count). The predicted molar refractivity (Wildman–Crippen MR) is 131 cm³/mol. The van der Waals surface area contributed by atoms with Gasteiger partial charge in [0.25, 0.3) is 5.91 Å². The number of amides is 1. The number of hydrogen-bond acceptors (Lipinski definition) is 9. The van der Waals surface area contributed by atoms with E-state index >= 15 is 0 Å². The van der Waals surface area contributed by atoms with Crippen LogP contribution in [-0.4, -0.2) is 38.4 Å². The first-order chi connectivity index (χ1) is 16.3. The van der Waals surface area contributed by atoms with Gasteiger partial charge in [-0.05, 0) is 47.8 Å². The molecule has 2 aromatic heterocycles. The molecule has 0 saturated heterocycles. The van der Waals surface area contributed by atoms with Crippen LogP contribution in [0.2, 0.25) is 0 Å². The maximum atomic E-state index is 12.8. The second kappa shape index (κ2) is 8.43. The molecule has 34 heavy (non-hydrogen) atoms. The third kappa shape index (κ3) is 3.95. The summed E-state index contributed by atoms with van der Waals surface area (Å²) in [7, 11) is -0.424. The lowest BCUT2D eigenvalue weighted by Crippen LogP contribution is -2.25. The standard InChI is InChI=1S/C23H19N5O4S2/c1-27-18-12-13-33-20(18)22(29)28(2)19-14-24-23(26-21(19)27)25-15-8-10-17(11-9-15)34(30,31)32-16-6-4-3-5-7-16/h3-14H,1-2H3,(H,24,25,26). The number of nitrogens with one attached hydrogen (secondary N) is 1. The number of aromatic nitrogens is 2. The van der Waals surface area contributed by atoms with Gasteiger partial charge in [0.2, 0.25) is 5.95 Å². The molecule has 11 heteroatoms. The van der Waals surface area contributed by atoms with E-state index in [1.807, 2.05) is 23.4 Å². The Hall–Kier alpha value is -3.96. The number of rotatable bonds is 5. The first kappa shape index (κ1) is 21.9. The van der Waals surface area contributed by atoms with Crippen LogP contribution >= 0.6 is 11.3 Å². The molecule has 3 heterocycles. The molecule has 2 aromatic carbocycles. The summed E-state index contributed by atoms with van der Waals surface area (Å²) in [5, 5.41) is 4.95. The maximum Gasteiger partial charge on any atom is 0.339 e. The van der Waals surface area contributed by atoms with Crippen LogP contribution in [0.4, 0.5) is 28.8 Å². The van der Waals surface area contributed by atoms with Crippen LogP contribution < -0.4 is 19.3 Å². The summed E-state index contributed by atoms with van der Waals surface area (Å²) >= 11 is 1.38. The highest BCUT2D eigenvalue weighted by atomic mass is 32.2. The molecule has 0 atom stereocenters. The normalized spacial score (nSPS) is 13.2. The average molecular weight is 494 g/mol. The Morgan fingerprint density at radius 1 is 0.941 bits per heavy atom. The van der Waals surface area contributed by atoms with Crippen LogP contribution in [0.1, 0.15) is 9.67 Å². The summed E-state index contributed by atoms with van der Waals surface area (Å²) in [6.07, 6.45) is 1.59. The molecule has 1 N–H and O–H groups in total. The van der Waals surface area contributed by atoms with Crippen molar-refractivity contribution in [2.24, 2.45) is 0 Å². The Kier molecular flexibility index (Phi) is 5.42. The second-order valence-electron chi connectivity index (χ2n) is 7.46. The van der Waals surface area contributed by atoms with Crippen molar-refractivity contribution < 1.29 is 17.4 Å². The molecule has 0 radical (unpaired) electrons. The van der Waals surface area contributed by atoms with E-state index in [9.17, 15) is 13.2 Å². The van der Waals surface area contributed by atoms with Gasteiger partial charge in [-0.2, -0.15) is 13.4 Å². The van der Waals surface area contributed by atoms with Gasteiger partial charge in [0.05, 0.1) is 11.9 Å². The molecule has 9 nitrogen and oxygen atoms in total. The Bertz CT molecular complexity index is 1470. The van der Waals surface area contributed by atoms with Gasteiger partial charge >= 0.3 is 10.1 Å². The van der Waals surface area contributed by atoms with Gasteiger partial charge in [0, 0.05) is 19.8 Å². The Labute approximate surface area is 200 Å². The summed E-state index contributed by atoms with van der Waals surface area (Å²) < 4.78 is 30.2. The lowest BCUT2D eigenvalue weighted by Gasteiger charge is -2.20. The van der Waals surface area contributed by atoms with Gasteiger partial charge in [-0.25, -0.2) is 4.98 Å². The summed E-state index contributed by atoms with van der Waals surface area (Å²) in [6, 6.07) is 16.3. The third-order valence-electron chi connectivity index (χ3n) is 5.28. The minimum absolute atomic E-state index is 0.0228. The zero-order valence-electron chi connectivity index (χ0n) is 18.2. The van der Waals surface area contributed by atoms with Crippen LogP contribution in [0.25, 0.3) is 0 Å². The molecular weight excluding hydrogens is 474 g/mol. The number of fused-ring (bicyclic) bond motifs is 2. The van der Waals surface area contributed by atoms with E-state index in [1.165, 1.54) is 28.4 Å². The minimum atomic E-state index is -3.96. The first-order valence-corrected chi connectivity index (χ1v) is 12.5. The van der Waals surface area contributed by atoms with Gasteiger partial charge in [0.15, 0.2) is 5.82 Å². The quantitative estimate of drug-likeness (QED) is 0.408. The van der Waals surface area contributed by atoms with Gasteiger partial charge in [-0.3, -0.25) is 4.79 Å². The van der Waals surface area contributed by atoms with Crippen molar-refractivity contribution in [3.05, 3.63) is 77.1 Å². The monoisotopic (exact) mass is 493 g/mol. The highest BCUT2D eigenvalue weighted by molar-refractivity contribution is 7.87. The van der Waals surface area contributed by atoms with Crippen molar-refractivity contribution in [3.63, 3.8) is 0 Å². The minimum Gasteiger partial charge on any atom is -0.379 e. The van der Waals surface area contributed by atoms with E-state index < -0.39 is 10.1 Å². The number of anilines is 5. The molecule has 1 aliphatic heterocycles. The van der Waals surface area contributed by atoms with E-state index in [-0.39, 0.29) is 16.6 Å². The van der Waals surface area contributed by atoms with E-state index in [0.717, 1.165) is 5.69 Å². The molecule has 0 aliphatic carbocycles. The predicted octanol–water partition coefficient (Wildman–Crippen LogP) is 4.41. The molecular formula is C23H19N5O4S2. The van der Waals surface area contributed by atoms with E-state index in [4.69, 9.17) is 4.18 Å².